The Bertz CT molecular complexity index is 1380. The van der Waals surface area contributed by atoms with Crippen LogP contribution in [0.3, 0.4) is 0 Å². The zero-order chi connectivity index (χ0) is 24.1. The van der Waals surface area contributed by atoms with Crippen LogP contribution in [0, 0.1) is 25.2 Å². The summed E-state index contributed by atoms with van der Waals surface area (Å²) in [7, 11) is 1.55. The highest BCUT2D eigenvalue weighted by molar-refractivity contribution is 7.22. The summed E-state index contributed by atoms with van der Waals surface area (Å²) in [5.74, 6) is 0.573. The van der Waals surface area contributed by atoms with Crippen LogP contribution in [0.25, 0.3) is 16.3 Å². The molecular formula is C27H23N3O3S. The lowest BCUT2D eigenvalue weighted by Gasteiger charge is -2.11. The molecule has 0 saturated heterocycles. The first kappa shape index (κ1) is 23.0. The number of methoxy groups -OCH3 is 1. The monoisotopic (exact) mass is 469 g/mol. The SMILES string of the molecule is COc1cc(C=C(C#N)C(=O)Nc2nc3cc(C)c(C)cc3s2)ccc1OCc1ccccc1. The van der Waals surface area contributed by atoms with Crippen molar-refractivity contribution in [2.45, 2.75) is 20.5 Å². The van der Waals surface area contributed by atoms with Gasteiger partial charge in [0.25, 0.3) is 5.91 Å². The van der Waals surface area contributed by atoms with Crippen molar-refractivity contribution >= 4 is 38.7 Å². The van der Waals surface area contributed by atoms with Gasteiger partial charge in [-0.3, -0.25) is 10.1 Å². The molecule has 0 aliphatic heterocycles. The number of nitrogens with one attached hydrogen (secondary N) is 1. The van der Waals surface area contributed by atoms with E-state index in [9.17, 15) is 10.1 Å². The minimum atomic E-state index is -0.515. The van der Waals surface area contributed by atoms with Gasteiger partial charge in [0.1, 0.15) is 18.2 Å². The number of benzene rings is 3. The molecule has 4 rings (SSSR count). The van der Waals surface area contributed by atoms with Crippen LogP contribution in [0.4, 0.5) is 5.13 Å². The van der Waals surface area contributed by atoms with Crippen LogP contribution in [0.5, 0.6) is 11.5 Å². The third-order valence-corrected chi connectivity index (χ3v) is 6.26. The number of carbonyl (C=O) groups excluding carboxylic acids is 1. The third-order valence-electron chi connectivity index (χ3n) is 5.33. The van der Waals surface area contributed by atoms with E-state index in [0.717, 1.165) is 26.9 Å². The van der Waals surface area contributed by atoms with E-state index in [-0.39, 0.29) is 5.57 Å². The van der Waals surface area contributed by atoms with Crippen molar-refractivity contribution in [2.24, 2.45) is 0 Å². The second-order valence-electron chi connectivity index (χ2n) is 7.73. The van der Waals surface area contributed by atoms with Crippen LogP contribution in [0.2, 0.25) is 0 Å². The highest BCUT2D eigenvalue weighted by atomic mass is 32.1. The van der Waals surface area contributed by atoms with E-state index in [1.165, 1.54) is 17.4 Å². The minimum absolute atomic E-state index is 0.0355. The van der Waals surface area contributed by atoms with Crippen LogP contribution < -0.4 is 14.8 Å². The Kier molecular flexibility index (Phi) is 6.90. The van der Waals surface area contributed by atoms with E-state index < -0.39 is 5.91 Å². The maximum Gasteiger partial charge on any atom is 0.268 e. The number of rotatable bonds is 7. The molecule has 0 fully saturated rings. The average Bonchev–Trinajstić information content (AvgIpc) is 3.22. The van der Waals surface area contributed by atoms with Crippen LogP contribution >= 0.6 is 11.3 Å². The van der Waals surface area contributed by atoms with Gasteiger partial charge in [0, 0.05) is 0 Å². The first-order valence-corrected chi connectivity index (χ1v) is 11.4. The fourth-order valence-corrected chi connectivity index (χ4v) is 4.28. The van der Waals surface area contributed by atoms with Gasteiger partial charge in [0.05, 0.1) is 17.3 Å². The topological polar surface area (TPSA) is 84.2 Å². The van der Waals surface area contributed by atoms with Gasteiger partial charge in [0.15, 0.2) is 16.6 Å². The minimum Gasteiger partial charge on any atom is -0.493 e. The number of fused-ring (bicyclic) bond motifs is 1. The maximum absolute atomic E-state index is 12.7. The smallest absolute Gasteiger partial charge is 0.268 e. The van der Waals surface area contributed by atoms with Crippen LogP contribution in [0.15, 0.2) is 66.2 Å². The first-order valence-electron chi connectivity index (χ1n) is 10.6. The summed E-state index contributed by atoms with van der Waals surface area (Å²) < 4.78 is 12.3. The van der Waals surface area contributed by atoms with Crippen LogP contribution in [-0.2, 0) is 11.4 Å². The summed E-state index contributed by atoms with van der Waals surface area (Å²) in [4.78, 5) is 17.2. The molecule has 0 aliphatic rings. The fourth-order valence-electron chi connectivity index (χ4n) is 3.34. The average molecular weight is 470 g/mol. The molecule has 1 amide bonds. The number of thiazole rings is 1. The van der Waals surface area contributed by atoms with E-state index >= 15 is 0 Å². The second kappa shape index (κ2) is 10.2. The van der Waals surface area contributed by atoms with Gasteiger partial charge in [-0.05, 0) is 66.4 Å². The molecule has 6 nitrogen and oxygen atoms in total. The lowest BCUT2D eigenvalue weighted by atomic mass is 10.1. The number of hydrogen-bond acceptors (Lipinski definition) is 6. The highest BCUT2D eigenvalue weighted by Gasteiger charge is 2.14. The molecule has 1 heterocycles. The maximum atomic E-state index is 12.7. The van der Waals surface area contributed by atoms with Crippen molar-refractivity contribution in [3.05, 3.63) is 88.5 Å². The third kappa shape index (κ3) is 5.25. The van der Waals surface area contributed by atoms with Crippen molar-refractivity contribution in [1.82, 2.24) is 4.98 Å². The van der Waals surface area contributed by atoms with Gasteiger partial charge in [-0.1, -0.05) is 47.7 Å². The van der Waals surface area contributed by atoms with Gasteiger partial charge < -0.3 is 9.47 Å². The number of aromatic nitrogens is 1. The van der Waals surface area contributed by atoms with Crippen LogP contribution in [-0.4, -0.2) is 18.0 Å². The molecule has 0 unspecified atom stereocenters. The van der Waals surface area contributed by atoms with Crippen molar-refractivity contribution in [2.75, 3.05) is 12.4 Å². The normalized spacial score (nSPS) is 11.2. The Morgan fingerprint density at radius 2 is 1.85 bits per heavy atom. The molecule has 3 aromatic carbocycles. The summed E-state index contributed by atoms with van der Waals surface area (Å²) in [6.07, 6.45) is 1.51. The first-order chi connectivity index (χ1) is 16.5. The zero-order valence-corrected chi connectivity index (χ0v) is 19.9. The predicted molar refractivity (Wildman–Crippen MR) is 135 cm³/mol. The number of aryl methyl sites for hydroxylation is 2. The van der Waals surface area contributed by atoms with Gasteiger partial charge >= 0.3 is 0 Å². The molecule has 0 bridgehead atoms. The van der Waals surface area contributed by atoms with Crippen molar-refractivity contribution in [3.8, 4) is 17.6 Å². The summed E-state index contributed by atoms with van der Waals surface area (Å²) in [5, 5.41) is 12.8. The molecule has 0 spiro atoms. The number of ether oxygens (including phenoxy) is 2. The largest absolute Gasteiger partial charge is 0.493 e. The lowest BCUT2D eigenvalue weighted by Crippen LogP contribution is -2.13. The number of carbonyl (C=O) groups is 1. The number of anilines is 1. The van der Waals surface area contributed by atoms with Crippen molar-refractivity contribution < 1.29 is 14.3 Å². The Balaban J connectivity index is 1.51. The van der Waals surface area contributed by atoms with E-state index in [1.807, 2.05) is 62.4 Å². The van der Waals surface area contributed by atoms with Gasteiger partial charge in [-0.25, -0.2) is 4.98 Å². The van der Waals surface area contributed by atoms with E-state index in [1.54, 1.807) is 25.3 Å². The zero-order valence-electron chi connectivity index (χ0n) is 19.1. The molecule has 34 heavy (non-hydrogen) atoms. The fraction of sp³-hybridized carbons (Fsp3) is 0.148. The quantitative estimate of drug-likeness (QED) is 0.263. The second-order valence-corrected chi connectivity index (χ2v) is 8.76. The Morgan fingerprint density at radius 1 is 1.09 bits per heavy atom. The molecule has 0 aliphatic carbocycles. The Hall–Kier alpha value is -4.15. The van der Waals surface area contributed by atoms with Crippen molar-refractivity contribution in [3.63, 3.8) is 0 Å². The Morgan fingerprint density at radius 3 is 2.59 bits per heavy atom. The van der Waals surface area contributed by atoms with E-state index in [0.29, 0.717) is 28.8 Å². The molecule has 4 aromatic rings. The molecule has 1 N–H and O–H groups in total. The van der Waals surface area contributed by atoms with Gasteiger partial charge in [-0.15, -0.1) is 0 Å². The van der Waals surface area contributed by atoms with Crippen LogP contribution in [0.1, 0.15) is 22.3 Å². The molecule has 1 aromatic heterocycles. The molecule has 170 valence electrons. The summed E-state index contributed by atoms with van der Waals surface area (Å²) >= 11 is 1.38. The number of hydrogen-bond donors (Lipinski definition) is 1. The van der Waals surface area contributed by atoms with Gasteiger partial charge in [0.2, 0.25) is 0 Å². The number of amides is 1. The molecule has 0 atom stereocenters. The summed E-state index contributed by atoms with van der Waals surface area (Å²) in [6.45, 7) is 4.46. The summed E-state index contributed by atoms with van der Waals surface area (Å²) in [5.41, 5.74) is 4.77. The predicted octanol–water partition coefficient (Wildman–Crippen LogP) is 6.05. The number of nitriles is 1. The Labute approximate surface area is 202 Å². The van der Waals surface area contributed by atoms with E-state index in [2.05, 4.69) is 10.3 Å². The molecule has 0 radical (unpaired) electrons. The molecular weight excluding hydrogens is 446 g/mol. The van der Waals surface area contributed by atoms with E-state index in [4.69, 9.17) is 9.47 Å². The summed E-state index contributed by atoms with van der Waals surface area (Å²) in [6, 6.07) is 21.1. The number of nitrogens with zero attached hydrogens (tertiary/aromatic N) is 2. The lowest BCUT2D eigenvalue weighted by molar-refractivity contribution is -0.112. The van der Waals surface area contributed by atoms with Crippen molar-refractivity contribution in [1.29, 1.82) is 5.26 Å². The standard InChI is InChI=1S/C27H23N3O3S/c1-17-11-22-25(12-18(17)2)34-27(29-22)30-26(31)21(15-28)13-20-9-10-23(24(14-20)32-3)33-16-19-7-5-4-6-8-19/h4-14H,16H2,1-3H3,(H,29,30,31). The highest BCUT2D eigenvalue weighted by Crippen LogP contribution is 2.31. The molecule has 0 saturated carbocycles. The molecule has 7 heteroatoms. The van der Waals surface area contributed by atoms with Gasteiger partial charge in [-0.2, -0.15) is 5.26 Å².